The summed E-state index contributed by atoms with van der Waals surface area (Å²) < 4.78 is 5.67. The van der Waals surface area contributed by atoms with E-state index in [1.54, 1.807) is 11.3 Å². The van der Waals surface area contributed by atoms with Gasteiger partial charge in [0.1, 0.15) is 0 Å². The summed E-state index contributed by atoms with van der Waals surface area (Å²) in [5, 5.41) is 12.1. The van der Waals surface area contributed by atoms with E-state index in [1.807, 2.05) is 28.8 Å². The number of aryl methyl sites for hydroxylation is 2. The molecule has 26 heavy (non-hydrogen) atoms. The number of benzene rings is 1. The van der Waals surface area contributed by atoms with Crippen LogP contribution in [-0.4, -0.2) is 28.1 Å². The van der Waals surface area contributed by atoms with Crippen LogP contribution in [0.4, 0.5) is 0 Å². The quantitative estimate of drug-likeness (QED) is 0.676. The number of thiophene rings is 1. The van der Waals surface area contributed by atoms with Crippen LogP contribution in [0.25, 0.3) is 11.5 Å². The zero-order valence-corrected chi connectivity index (χ0v) is 15.5. The smallest absolute Gasteiger partial charge is 0.248 e. The van der Waals surface area contributed by atoms with Crippen LogP contribution in [0.1, 0.15) is 42.3 Å². The lowest BCUT2D eigenvalue weighted by atomic mass is 9.87. The Kier molecular flexibility index (Phi) is 4.84. The molecule has 5 nitrogen and oxygen atoms in total. The molecule has 0 bridgehead atoms. The van der Waals surface area contributed by atoms with Gasteiger partial charge in [-0.25, -0.2) is 0 Å². The largest absolute Gasteiger partial charge is 0.421 e. The normalized spacial score (nSPS) is 16.3. The number of amides is 1. The number of rotatable bonds is 5. The number of carbonyl (C=O) groups excluding carboxylic acids is 1. The Labute approximate surface area is 156 Å². The number of hydrogen-bond acceptors (Lipinski definition) is 5. The molecule has 6 heteroatoms. The van der Waals surface area contributed by atoms with E-state index < -0.39 is 0 Å². The Balaban J connectivity index is 1.40. The molecule has 2 heterocycles. The molecule has 4 rings (SSSR count). The maximum absolute atomic E-state index is 12.7. The van der Waals surface area contributed by atoms with Crippen molar-refractivity contribution in [2.75, 3.05) is 7.05 Å². The number of aromatic nitrogens is 2. The summed E-state index contributed by atoms with van der Waals surface area (Å²) >= 11 is 1.59. The van der Waals surface area contributed by atoms with Crippen LogP contribution < -0.4 is 0 Å². The van der Waals surface area contributed by atoms with Gasteiger partial charge >= 0.3 is 0 Å². The average molecular weight is 367 g/mol. The molecule has 1 aromatic carbocycles. The number of fused-ring (bicyclic) bond motifs is 1. The van der Waals surface area contributed by atoms with Gasteiger partial charge in [0.25, 0.3) is 0 Å². The van der Waals surface area contributed by atoms with Crippen LogP contribution in [0, 0.1) is 0 Å². The summed E-state index contributed by atoms with van der Waals surface area (Å²) in [6.07, 6.45) is 4.08. The first-order valence-corrected chi connectivity index (χ1v) is 9.85. The van der Waals surface area contributed by atoms with Crippen molar-refractivity contribution in [1.82, 2.24) is 15.1 Å². The van der Waals surface area contributed by atoms with Gasteiger partial charge < -0.3 is 9.32 Å². The van der Waals surface area contributed by atoms with Gasteiger partial charge in [-0.1, -0.05) is 24.3 Å². The van der Waals surface area contributed by atoms with Crippen molar-refractivity contribution in [3.63, 3.8) is 0 Å². The summed E-state index contributed by atoms with van der Waals surface area (Å²) in [7, 11) is 1.90. The van der Waals surface area contributed by atoms with E-state index in [0.29, 0.717) is 24.6 Å². The molecule has 0 N–H and O–H groups in total. The first-order valence-electron chi connectivity index (χ1n) is 8.91. The van der Waals surface area contributed by atoms with Crippen LogP contribution >= 0.6 is 11.3 Å². The van der Waals surface area contributed by atoms with Gasteiger partial charge in [-0.15, -0.1) is 10.2 Å². The Bertz CT molecular complexity index is 888. The third-order valence-corrected chi connectivity index (χ3v) is 5.67. The van der Waals surface area contributed by atoms with Crippen LogP contribution in [0.2, 0.25) is 0 Å². The Morgan fingerprint density at radius 2 is 2.19 bits per heavy atom. The third kappa shape index (κ3) is 3.42. The van der Waals surface area contributed by atoms with E-state index in [2.05, 4.69) is 34.5 Å². The molecule has 0 saturated heterocycles. The van der Waals surface area contributed by atoms with E-state index in [0.717, 1.165) is 24.8 Å². The lowest BCUT2D eigenvalue weighted by molar-refractivity contribution is -0.132. The minimum atomic E-state index is 0.113. The van der Waals surface area contributed by atoms with E-state index in [1.165, 1.54) is 11.1 Å². The highest BCUT2D eigenvalue weighted by Gasteiger charge is 2.26. The highest BCUT2D eigenvalue weighted by Crippen LogP contribution is 2.33. The molecule has 1 amide bonds. The lowest BCUT2D eigenvalue weighted by Gasteiger charge is -2.33. The first kappa shape index (κ1) is 17.0. The number of hydrogen-bond donors (Lipinski definition) is 0. The van der Waals surface area contributed by atoms with Crippen molar-refractivity contribution in [3.05, 3.63) is 58.1 Å². The minimum Gasteiger partial charge on any atom is -0.421 e. The molecule has 0 saturated carbocycles. The Morgan fingerprint density at radius 3 is 3.04 bits per heavy atom. The van der Waals surface area contributed by atoms with Gasteiger partial charge in [-0.3, -0.25) is 4.79 Å². The molecule has 1 atom stereocenters. The molecular formula is C20H21N3O2S. The van der Waals surface area contributed by atoms with Gasteiger partial charge in [0.2, 0.25) is 17.7 Å². The summed E-state index contributed by atoms with van der Waals surface area (Å²) in [5.74, 6) is 1.14. The van der Waals surface area contributed by atoms with Crippen molar-refractivity contribution < 1.29 is 9.21 Å². The second-order valence-corrected chi connectivity index (χ2v) is 7.40. The van der Waals surface area contributed by atoms with Gasteiger partial charge in [-0.2, -0.15) is 11.3 Å². The Hall–Kier alpha value is -2.47. The third-order valence-electron chi connectivity index (χ3n) is 4.99. The van der Waals surface area contributed by atoms with Crippen molar-refractivity contribution in [1.29, 1.82) is 0 Å². The van der Waals surface area contributed by atoms with Crippen LogP contribution in [0.3, 0.4) is 0 Å². The number of carbonyl (C=O) groups is 1. The summed E-state index contributed by atoms with van der Waals surface area (Å²) in [5.41, 5.74) is 3.57. The van der Waals surface area contributed by atoms with Crippen molar-refractivity contribution in [2.24, 2.45) is 0 Å². The highest BCUT2D eigenvalue weighted by atomic mass is 32.1. The van der Waals surface area contributed by atoms with E-state index in [9.17, 15) is 4.79 Å². The minimum absolute atomic E-state index is 0.113. The Morgan fingerprint density at radius 1 is 1.31 bits per heavy atom. The number of nitrogens with zero attached hydrogens (tertiary/aromatic N) is 3. The van der Waals surface area contributed by atoms with Crippen molar-refractivity contribution >= 4 is 17.2 Å². The van der Waals surface area contributed by atoms with Gasteiger partial charge in [0, 0.05) is 30.8 Å². The molecule has 0 spiro atoms. The van der Waals surface area contributed by atoms with E-state index in [-0.39, 0.29) is 11.9 Å². The van der Waals surface area contributed by atoms with Crippen LogP contribution in [0.5, 0.6) is 0 Å². The predicted octanol–water partition coefficient (Wildman–Crippen LogP) is 4.27. The molecule has 0 radical (unpaired) electrons. The average Bonchev–Trinajstić information content (AvgIpc) is 3.36. The summed E-state index contributed by atoms with van der Waals surface area (Å²) in [6.45, 7) is 0. The highest BCUT2D eigenvalue weighted by molar-refractivity contribution is 7.08. The molecule has 134 valence electrons. The molecule has 0 unspecified atom stereocenters. The topological polar surface area (TPSA) is 59.2 Å². The maximum atomic E-state index is 12.7. The second kappa shape index (κ2) is 7.41. The standard InChI is InChI=1S/C20H21N3O2S/c1-23(17-8-4-6-14-5-2-3-7-16(14)17)19(24)10-9-18-21-22-20(25-18)15-11-12-26-13-15/h2-3,5,7,11-13,17H,4,6,8-10H2,1H3/t17-/m1/s1. The van der Waals surface area contributed by atoms with Crippen molar-refractivity contribution in [3.8, 4) is 11.5 Å². The molecule has 3 aromatic rings. The lowest BCUT2D eigenvalue weighted by Crippen LogP contribution is -2.33. The van der Waals surface area contributed by atoms with E-state index >= 15 is 0 Å². The summed E-state index contributed by atoms with van der Waals surface area (Å²) in [4.78, 5) is 14.6. The second-order valence-electron chi connectivity index (χ2n) is 6.62. The zero-order valence-electron chi connectivity index (χ0n) is 14.7. The van der Waals surface area contributed by atoms with Crippen molar-refractivity contribution in [2.45, 2.75) is 38.1 Å². The SMILES string of the molecule is CN(C(=O)CCc1nnc(-c2ccsc2)o1)[C@@H]1CCCc2ccccc21. The van der Waals surface area contributed by atoms with E-state index in [4.69, 9.17) is 4.42 Å². The van der Waals surface area contributed by atoms with Gasteiger partial charge in [0.15, 0.2) is 0 Å². The fraction of sp³-hybridized carbons (Fsp3) is 0.350. The molecule has 1 aliphatic rings. The maximum Gasteiger partial charge on any atom is 0.248 e. The van der Waals surface area contributed by atoms with Gasteiger partial charge in [0.05, 0.1) is 6.04 Å². The first-order chi connectivity index (χ1) is 12.7. The molecular weight excluding hydrogens is 346 g/mol. The van der Waals surface area contributed by atoms with Crippen LogP contribution in [-0.2, 0) is 17.6 Å². The molecule has 1 aliphatic carbocycles. The van der Waals surface area contributed by atoms with Gasteiger partial charge in [-0.05, 0) is 41.8 Å². The summed E-state index contributed by atoms with van der Waals surface area (Å²) in [6, 6.07) is 10.6. The molecule has 0 aliphatic heterocycles. The molecule has 2 aromatic heterocycles. The fourth-order valence-corrected chi connectivity index (χ4v) is 4.18. The van der Waals surface area contributed by atoms with Crippen LogP contribution in [0.15, 0.2) is 45.5 Å². The predicted molar refractivity (Wildman–Crippen MR) is 101 cm³/mol. The zero-order chi connectivity index (χ0) is 17.9. The molecule has 0 fully saturated rings. The fourth-order valence-electron chi connectivity index (χ4n) is 3.55. The monoisotopic (exact) mass is 367 g/mol.